The van der Waals surface area contributed by atoms with Gasteiger partial charge in [-0.25, -0.2) is 0 Å². The Hall–Kier alpha value is -0.0900. The molecule has 0 saturated heterocycles. The first-order valence-corrected chi connectivity index (χ1v) is 5.09. The number of carbonyl (C=O) groups excluding carboxylic acids is 1. The Kier molecular flexibility index (Phi) is 6.38. The number of hydrogen-bond acceptors (Lipinski definition) is 2. The molecule has 0 radical (unpaired) electrons. The maximum Gasteiger partial charge on any atom is 0.233 e. The Morgan fingerprint density at radius 2 is 2.25 bits per heavy atom. The molecular formula is C8H16BrNO2. The van der Waals surface area contributed by atoms with Crippen LogP contribution in [0.25, 0.3) is 0 Å². The number of alkyl halides is 1. The van der Waals surface area contributed by atoms with Gasteiger partial charge in [0.15, 0.2) is 0 Å². The summed E-state index contributed by atoms with van der Waals surface area (Å²) in [5.74, 6) is -0.0293. The van der Waals surface area contributed by atoms with Gasteiger partial charge in [-0.3, -0.25) is 4.79 Å². The van der Waals surface area contributed by atoms with E-state index in [1.807, 2.05) is 6.92 Å². The summed E-state index contributed by atoms with van der Waals surface area (Å²) < 4.78 is 0. The molecule has 3 nitrogen and oxygen atoms in total. The summed E-state index contributed by atoms with van der Waals surface area (Å²) in [5, 5.41) is 11.8. The van der Waals surface area contributed by atoms with E-state index in [1.165, 1.54) is 0 Å². The van der Waals surface area contributed by atoms with E-state index >= 15 is 0 Å². The number of amides is 1. The summed E-state index contributed by atoms with van der Waals surface area (Å²) in [6.45, 7) is 4.23. The van der Waals surface area contributed by atoms with Gasteiger partial charge in [-0.05, 0) is 19.8 Å². The van der Waals surface area contributed by atoms with Crippen LogP contribution in [0.1, 0.15) is 26.7 Å². The van der Waals surface area contributed by atoms with E-state index in [0.717, 1.165) is 6.42 Å². The van der Waals surface area contributed by atoms with Crippen LogP contribution in [0.4, 0.5) is 0 Å². The minimum absolute atomic E-state index is 0.0293. The van der Waals surface area contributed by atoms with Gasteiger partial charge >= 0.3 is 0 Å². The zero-order valence-electron chi connectivity index (χ0n) is 7.51. The van der Waals surface area contributed by atoms with E-state index in [1.54, 1.807) is 6.92 Å². The fourth-order valence-electron chi connectivity index (χ4n) is 0.707. The number of hydrogen-bond donors (Lipinski definition) is 2. The molecule has 2 N–H and O–H groups in total. The van der Waals surface area contributed by atoms with Crippen LogP contribution >= 0.6 is 15.9 Å². The number of carbonyl (C=O) groups is 1. The quantitative estimate of drug-likeness (QED) is 0.703. The van der Waals surface area contributed by atoms with Crippen LogP contribution in [-0.4, -0.2) is 28.5 Å². The highest BCUT2D eigenvalue weighted by molar-refractivity contribution is 9.10. The second kappa shape index (κ2) is 6.43. The van der Waals surface area contributed by atoms with E-state index in [4.69, 9.17) is 5.11 Å². The summed E-state index contributed by atoms with van der Waals surface area (Å²) in [6, 6.07) is 0. The molecule has 2 unspecified atom stereocenters. The third-order valence-corrected chi connectivity index (χ3v) is 2.03. The van der Waals surface area contributed by atoms with Crippen molar-refractivity contribution in [1.29, 1.82) is 0 Å². The Balaban J connectivity index is 3.37. The molecule has 0 aliphatic heterocycles. The summed E-state index contributed by atoms with van der Waals surface area (Å²) in [6.07, 6.45) is 1.07. The highest BCUT2D eigenvalue weighted by atomic mass is 79.9. The van der Waals surface area contributed by atoms with Crippen molar-refractivity contribution in [3.63, 3.8) is 0 Å². The third kappa shape index (κ3) is 5.55. The molecule has 0 bridgehead atoms. The van der Waals surface area contributed by atoms with Gasteiger partial charge in [0.05, 0.1) is 10.9 Å². The molecule has 0 spiro atoms. The molecule has 0 aliphatic rings. The lowest BCUT2D eigenvalue weighted by Crippen LogP contribution is -2.31. The topological polar surface area (TPSA) is 49.3 Å². The van der Waals surface area contributed by atoms with Crippen LogP contribution in [0.3, 0.4) is 0 Å². The molecule has 0 rings (SSSR count). The predicted octanol–water partition coefficient (Wildman–Crippen LogP) is 1.05. The largest absolute Gasteiger partial charge is 0.393 e. The van der Waals surface area contributed by atoms with Crippen molar-refractivity contribution in [3.8, 4) is 0 Å². The highest BCUT2D eigenvalue weighted by Crippen LogP contribution is 1.98. The second-order valence-corrected chi connectivity index (χ2v) is 4.13. The lowest BCUT2D eigenvalue weighted by atomic mass is 10.2. The minimum atomic E-state index is -0.295. The number of halogens is 1. The Bertz CT molecular complexity index is 139. The molecule has 2 atom stereocenters. The molecule has 0 aromatic carbocycles. The van der Waals surface area contributed by atoms with Crippen molar-refractivity contribution in [1.82, 2.24) is 5.32 Å². The zero-order valence-corrected chi connectivity index (χ0v) is 9.10. The first-order valence-electron chi connectivity index (χ1n) is 4.17. The molecule has 0 aromatic heterocycles. The van der Waals surface area contributed by atoms with Crippen molar-refractivity contribution in [2.75, 3.05) is 6.54 Å². The first kappa shape index (κ1) is 11.9. The Morgan fingerprint density at radius 1 is 1.67 bits per heavy atom. The van der Waals surface area contributed by atoms with Crippen LogP contribution < -0.4 is 5.32 Å². The van der Waals surface area contributed by atoms with Gasteiger partial charge in [0.2, 0.25) is 5.91 Å². The van der Waals surface area contributed by atoms with E-state index in [2.05, 4.69) is 21.2 Å². The van der Waals surface area contributed by atoms with Gasteiger partial charge < -0.3 is 10.4 Å². The van der Waals surface area contributed by atoms with Gasteiger partial charge in [0.25, 0.3) is 0 Å². The molecule has 0 aromatic rings. The number of rotatable bonds is 5. The molecule has 0 fully saturated rings. The average Bonchev–Trinajstić information content (AvgIpc) is 2.03. The summed E-state index contributed by atoms with van der Waals surface area (Å²) in [5.41, 5.74) is 0. The van der Waals surface area contributed by atoms with Gasteiger partial charge in [-0.1, -0.05) is 22.9 Å². The van der Waals surface area contributed by atoms with Crippen molar-refractivity contribution < 1.29 is 9.90 Å². The highest BCUT2D eigenvalue weighted by Gasteiger charge is 2.07. The molecule has 0 aliphatic carbocycles. The molecule has 12 heavy (non-hydrogen) atoms. The van der Waals surface area contributed by atoms with Crippen molar-refractivity contribution >= 4 is 21.8 Å². The van der Waals surface area contributed by atoms with Gasteiger partial charge in [0, 0.05) is 6.54 Å². The van der Waals surface area contributed by atoms with E-state index in [0.29, 0.717) is 13.0 Å². The summed E-state index contributed by atoms with van der Waals surface area (Å²) in [7, 11) is 0. The van der Waals surface area contributed by atoms with E-state index in [9.17, 15) is 4.79 Å². The van der Waals surface area contributed by atoms with Gasteiger partial charge in [-0.2, -0.15) is 0 Å². The number of aliphatic hydroxyl groups is 1. The number of nitrogens with one attached hydrogen (secondary N) is 1. The van der Waals surface area contributed by atoms with E-state index in [-0.39, 0.29) is 16.8 Å². The Morgan fingerprint density at radius 3 is 2.67 bits per heavy atom. The van der Waals surface area contributed by atoms with Gasteiger partial charge in [-0.15, -0.1) is 0 Å². The zero-order chi connectivity index (χ0) is 9.56. The van der Waals surface area contributed by atoms with Crippen molar-refractivity contribution in [3.05, 3.63) is 0 Å². The summed E-state index contributed by atoms with van der Waals surface area (Å²) in [4.78, 5) is 10.8. The third-order valence-electron chi connectivity index (χ3n) is 1.61. The maximum atomic E-state index is 11.0. The molecular weight excluding hydrogens is 222 g/mol. The maximum absolute atomic E-state index is 11.0. The SMILES string of the molecule is CCC(O)CCNC(=O)C(C)Br. The van der Waals surface area contributed by atoms with Crippen LogP contribution in [0.5, 0.6) is 0 Å². The Labute approximate surface area is 81.7 Å². The fraction of sp³-hybridized carbons (Fsp3) is 0.875. The van der Waals surface area contributed by atoms with Crippen LogP contribution in [-0.2, 0) is 4.79 Å². The average molecular weight is 238 g/mol. The van der Waals surface area contributed by atoms with Crippen LogP contribution in [0.2, 0.25) is 0 Å². The van der Waals surface area contributed by atoms with Crippen molar-refractivity contribution in [2.45, 2.75) is 37.6 Å². The smallest absolute Gasteiger partial charge is 0.233 e. The standard InChI is InChI=1S/C8H16BrNO2/c1-3-7(11)4-5-10-8(12)6(2)9/h6-7,11H,3-5H2,1-2H3,(H,10,12). The minimum Gasteiger partial charge on any atom is -0.393 e. The van der Waals surface area contributed by atoms with Crippen molar-refractivity contribution in [2.24, 2.45) is 0 Å². The van der Waals surface area contributed by atoms with Gasteiger partial charge in [0.1, 0.15) is 0 Å². The molecule has 1 amide bonds. The summed E-state index contributed by atoms with van der Waals surface area (Å²) >= 11 is 3.15. The van der Waals surface area contributed by atoms with Crippen LogP contribution in [0, 0.1) is 0 Å². The van der Waals surface area contributed by atoms with E-state index < -0.39 is 0 Å². The lowest BCUT2D eigenvalue weighted by Gasteiger charge is -2.09. The molecule has 72 valence electrons. The van der Waals surface area contributed by atoms with Crippen LogP contribution in [0.15, 0.2) is 0 Å². The second-order valence-electron chi connectivity index (χ2n) is 2.76. The molecule has 0 saturated carbocycles. The number of aliphatic hydroxyl groups excluding tert-OH is 1. The molecule has 0 heterocycles. The molecule has 4 heteroatoms. The predicted molar refractivity (Wildman–Crippen MR) is 52.3 cm³/mol. The monoisotopic (exact) mass is 237 g/mol. The normalized spacial score (nSPS) is 15.3. The lowest BCUT2D eigenvalue weighted by molar-refractivity contribution is -0.120. The first-order chi connectivity index (χ1) is 5.57. The fourth-order valence-corrected chi connectivity index (χ4v) is 0.869.